The number of rotatable bonds is 9. The van der Waals surface area contributed by atoms with Gasteiger partial charge < -0.3 is 5.32 Å². The molecular weight excluding hydrogens is 360 g/mol. The quantitative estimate of drug-likeness (QED) is 0.629. The number of allylic oxidation sites excluding steroid dienone is 1. The zero-order valence-corrected chi connectivity index (χ0v) is 17.4. The highest BCUT2D eigenvalue weighted by atomic mass is 32.2. The number of sulfonamides is 1. The van der Waals surface area contributed by atoms with Crippen LogP contribution in [0.25, 0.3) is 0 Å². The Bertz CT molecular complexity index is 754. The summed E-state index contributed by atoms with van der Waals surface area (Å²) in [6.45, 7) is 6.30. The van der Waals surface area contributed by atoms with Crippen LogP contribution in [0, 0.1) is 12.8 Å². The highest BCUT2D eigenvalue weighted by molar-refractivity contribution is 7.89. The number of aryl methyl sites for hydroxylation is 1. The Morgan fingerprint density at radius 1 is 1.19 bits per heavy atom. The van der Waals surface area contributed by atoms with Crippen LogP contribution in [0.5, 0.6) is 0 Å². The van der Waals surface area contributed by atoms with E-state index in [0.29, 0.717) is 13.0 Å². The third-order valence-corrected chi connectivity index (χ3v) is 6.70. The van der Waals surface area contributed by atoms with Crippen LogP contribution in [-0.4, -0.2) is 26.9 Å². The molecule has 0 aromatic heterocycles. The lowest BCUT2D eigenvalue weighted by Crippen LogP contribution is -2.50. The van der Waals surface area contributed by atoms with Crippen LogP contribution in [0.1, 0.15) is 57.9 Å². The molecule has 2 atom stereocenters. The first kappa shape index (κ1) is 21.6. The first-order valence-corrected chi connectivity index (χ1v) is 11.4. The number of hydrogen-bond donors (Lipinski definition) is 2. The van der Waals surface area contributed by atoms with Crippen LogP contribution in [0.15, 0.2) is 40.8 Å². The number of nitrogens with one attached hydrogen (secondary N) is 2. The van der Waals surface area contributed by atoms with E-state index in [9.17, 15) is 13.2 Å². The molecule has 0 unspecified atom stereocenters. The normalized spacial score (nSPS) is 17.1. The van der Waals surface area contributed by atoms with Crippen molar-refractivity contribution in [3.05, 3.63) is 41.5 Å². The third-order valence-electron chi connectivity index (χ3n) is 5.24. The van der Waals surface area contributed by atoms with E-state index in [4.69, 9.17) is 0 Å². The van der Waals surface area contributed by atoms with Gasteiger partial charge in [-0.25, -0.2) is 8.42 Å². The molecule has 0 fully saturated rings. The SMILES string of the molecule is CC[C@@H](C)[C@@H](NS(=O)(=O)c1ccc(C)cc1)C(=O)NCCC1=CCCCC1. The second kappa shape index (κ2) is 10.0. The Morgan fingerprint density at radius 2 is 1.89 bits per heavy atom. The maximum Gasteiger partial charge on any atom is 0.241 e. The smallest absolute Gasteiger partial charge is 0.241 e. The summed E-state index contributed by atoms with van der Waals surface area (Å²) in [6.07, 6.45) is 8.49. The standard InChI is InChI=1S/C21H32N2O3S/c1-4-17(3)20(21(24)22-15-14-18-8-6-5-7-9-18)23-27(25,26)19-12-10-16(2)11-13-19/h8,10-13,17,20,23H,4-7,9,14-15H2,1-3H3,(H,22,24)/t17-,20-/m1/s1. The fourth-order valence-electron chi connectivity index (χ4n) is 3.20. The molecule has 6 heteroatoms. The average Bonchev–Trinajstić information content (AvgIpc) is 2.66. The Kier molecular flexibility index (Phi) is 8.05. The second-order valence-electron chi connectivity index (χ2n) is 7.45. The largest absolute Gasteiger partial charge is 0.354 e. The van der Waals surface area contributed by atoms with Crippen LogP contribution < -0.4 is 10.0 Å². The van der Waals surface area contributed by atoms with Gasteiger partial charge in [-0.2, -0.15) is 4.72 Å². The molecule has 2 N–H and O–H groups in total. The van der Waals surface area contributed by atoms with Crippen molar-refractivity contribution in [1.82, 2.24) is 10.0 Å². The molecule has 150 valence electrons. The van der Waals surface area contributed by atoms with Gasteiger partial charge in [0.15, 0.2) is 0 Å². The zero-order valence-electron chi connectivity index (χ0n) is 16.6. The highest BCUT2D eigenvalue weighted by Crippen LogP contribution is 2.19. The van der Waals surface area contributed by atoms with Crippen molar-refractivity contribution in [3.63, 3.8) is 0 Å². The minimum Gasteiger partial charge on any atom is -0.354 e. The van der Waals surface area contributed by atoms with Gasteiger partial charge in [-0.15, -0.1) is 0 Å². The Balaban J connectivity index is 2.01. The molecule has 0 spiro atoms. The van der Waals surface area contributed by atoms with Crippen molar-refractivity contribution in [2.45, 2.75) is 70.2 Å². The van der Waals surface area contributed by atoms with Gasteiger partial charge in [-0.3, -0.25) is 4.79 Å². The predicted octanol–water partition coefficient (Wildman–Crippen LogP) is 3.69. The van der Waals surface area contributed by atoms with Crippen molar-refractivity contribution in [1.29, 1.82) is 0 Å². The minimum absolute atomic E-state index is 0.0980. The summed E-state index contributed by atoms with van der Waals surface area (Å²) in [5.74, 6) is -0.351. The van der Waals surface area contributed by atoms with Crippen molar-refractivity contribution < 1.29 is 13.2 Å². The molecule has 5 nitrogen and oxygen atoms in total. The fraction of sp³-hybridized carbons (Fsp3) is 0.571. The van der Waals surface area contributed by atoms with Gasteiger partial charge in [0.05, 0.1) is 4.90 Å². The monoisotopic (exact) mass is 392 g/mol. The van der Waals surface area contributed by atoms with E-state index in [1.807, 2.05) is 20.8 Å². The van der Waals surface area contributed by atoms with Gasteiger partial charge >= 0.3 is 0 Å². The van der Waals surface area contributed by atoms with Crippen LogP contribution >= 0.6 is 0 Å². The third kappa shape index (κ3) is 6.47. The first-order valence-electron chi connectivity index (χ1n) is 9.88. The zero-order chi connectivity index (χ0) is 19.9. The van der Waals surface area contributed by atoms with Gasteiger partial charge in [0, 0.05) is 6.54 Å². The van der Waals surface area contributed by atoms with E-state index >= 15 is 0 Å². The van der Waals surface area contributed by atoms with Gasteiger partial charge in [-0.1, -0.05) is 49.6 Å². The van der Waals surface area contributed by atoms with Gasteiger partial charge in [0.2, 0.25) is 15.9 Å². The molecule has 0 bridgehead atoms. The Labute approximate surface area is 163 Å². The molecular formula is C21H32N2O3S. The lowest BCUT2D eigenvalue weighted by Gasteiger charge is -2.24. The summed E-state index contributed by atoms with van der Waals surface area (Å²) in [5, 5.41) is 2.92. The predicted molar refractivity (Wildman–Crippen MR) is 109 cm³/mol. The molecule has 0 saturated heterocycles. The second-order valence-corrected chi connectivity index (χ2v) is 9.16. The Morgan fingerprint density at radius 3 is 2.48 bits per heavy atom. The molecule has 27 heavy (non-hydrogen) atoms. The fourth-order valence-corrected chi connectivity index (χ4v) is 4.51. The molecule has 1 aromatic carbocycles. The first-order chi connectivity index (χ1) is 12.8. The molecule has 0 radical (unpaired) electrons. The summed E-state index contributed by atoms with van der Waals surface area (Å²) in [5.41, 5.74) is 2.38. The van der Waals surface area contributed by atoms with E-state index in [1.54, 1.807) is 24.3 Å². The summed E-state index contributed by atoms with van der Waals surface area (Å²) >= 11 is 0. The summed E-state index contributed by atoms with van der Waals surface area (Å²) in [4.78, 5) is 12.9. The van der Waals surface area contributed by atoms with Crippen molar-refractivity contribution in [2.24, 2.45) is 5.92 Å². The number of carbonyl (C=O) groups is 1. The van der Waals surface area contributed by atoms with E-state index < -0.39 is 16.1 Å². The van der Waals surface area contributed by atoms with Crippen molar-refractivity contribution in [2.75, 3.05) is 6.54 Å². The molecule has 1 aliphatic rings. The maximum absolute atomic E-state index is 12.7. The minimum atomic E-state index is -3.74. The number of benzene rings is 1. The van der Waals surface area contributed by atoms with Gasteiger partial charge in [0.25, 0.3) is 0 Å². The van der Waals surface area contributed by atoms with E-state index in [2.05, 4.69) is 16.1 Å². The maximum atomic E-state index is 12.7. The summed E-state index contributed by atoms with van der Waals surface area (Å²) in [6, 6.07) is 5.87. The molecule has 0 saturated carbocycles. The summed E-state index contributed by atoms with van der Waals surface area (Å²) < 4.78 is 28.0. The van der Waals surface area contributed by atoms with Crippen LogP contribution in [-0.2, 0) is 14.8 Å². The van der Waals surface area contributed by atoms with Gasteiger partial charge in [0.1, 0.15) is 6.04 Å². The van der Waals surface area contributed by atoms with Crippen molar-refractivity contribution >= 4 is 15.9 Å². The molecule has 0 heterocycles. The van der Waals surface area contributed by atoms with Crippen LogP contribution in [0.2, 0.25) is 0 Å². The van der Waals surface area contributed by atoms with Gasteiger partial charge in [-0.05, 0) is 57.1 Å². The van der Waals surface area contributed by atoms with E-state index in [0.717, 1.165) is 24.8 Å². The molecule has 0 aliphatic heterocycles. The average molecular weight is 393 g/mol. The van der Waals surface area contributed by atoms with E-state index in [1.165, 1.54) is 18.4 Å². The molecule has 2 rings (SSSR count). The van der Waals surface area contributed by atoms with E-state index in [-0.39, 0.29) is 16.7 Å². The lowest BCUT2D eigenvalue weighted by molar-refractivity contribution is -0.123. The highest BCUT2D eigenvalue weighted by Gasteiger charge is 2.29. The molecule has 1 aliphatic carbocycles. The lowest BCUT2D eigenvalue weighted by atomic mass is 9.97. The Hall–Kier alpha value is -1.66. The summed E-state index contributed by atoms with van der Waals surface area (Å²) in [7, 11) is -3.74. The number of hydrogen-bond acceptors (Lipinski definition) is 3. The topological polar surface area (TPSA) is 75.3 Å². The number of amides is 1. The van der Waals surface area contributed by atoms with Crippen LogP contribution in [0.4, 0.5) is 0 Å². The number of carbonyl (C=O) groups excluding carboxylic acids is 1. The van der Waals surface area contributed by atoms with Crippen LogP contribution in [0.3, 0.4) is 0 Å². The van der Waals surface area contributed by atoms with Crippen molar-refractivity contribution in [3.8, 4) is 0 Å². The molecule has 1 amide bonds. The molecule has 1 aromatic rings.